The third-order valence-corrected chi connectivity index (χ3v) is 2.83. The molecule has 0 atom stereocenters. The number of hydrogen-bond donors (Lipinski definition) is 2. The van der Waals surface area contributed by atoms with Crippen molar-refractivity contribution in [2.75, 3.05) is 31.8 Å². The van der Waals surface area contributed by atoms with Crippen molar-refractivity contribution in [1.82, 2.24) is 0 Å². The molecule has 0 saturated heterocycles. The first-order chi connectivity index (χ1) is 8.56. The molecule has 96 valence electrons. The second-order valence-corrected chi connectivity index (χ2v) is 3.87. The van der Waals surface area contributed by atoms with Gasteiger partial charge in [-0.1, -0.05) is 0 Å². The first-order valence-electron chi connectivity index (χ1n) is 5.28. The molecule has 1 aromatic rings. The third-order valence-electron chi connectivity index (χ3n) is 2.83. The number of carbonyl (C=O) groups excluding carboxylic acids is 1. The van der Waals surface area contributed by atoms with Gasteiger partial charge in [0.1, 0.15) is 0 Å². The Kier molecular flexibility index (Phi) is 3.20. The molecule has 0 aliphatic carbocycles. The molecule has 2 rings (SSSR count). The van der Waals surface area contributed by atoms with Gasteiger partial charge < -0.3 is 20.9 Å². The van der Waals surface area contributed by atoms with Crippen LogP contribution in [0.3, 0.4) is 0 Å². The summed E-state index contributed by atoms with van der Waals surface area (Å²) >= 11 is 0. The molecule has 0 radical (unpaired) electrons. The highest BCUT2D eigenvalue weighted by molar-refractivity contribution is 5.99. The molecule has 0 saturated carbocycles. The van der Waals surface area contributed by atoms with Crippen LogP contribution in [0, 0.1) is 5.82 Å². The van der Waals surface area contributed by atoms with E-state index in [1.165, 1.54) is 19.2 Å². The first-order valence-corrected chi connectivity index (χ1v) is 5.28. The average molecular weight is 252 g/mol. The Morgan fingerprint density at radius 2 is 2.11 bits per heavy atom. The Morgan fingerprint density at radius 3 is 2.78 bits per heavy atom. The topological polar surface area (TPSA) is 87.6 Å². The molecule has 6 heteroatoms. The number of halogens is 1. The van der Waals surface area contributed by atoms with Crippen LogP contribution in [0.5, 0.6) is 0 Å². The van der Waals surface area contributed by atoms with Crippen molar-refractivity contribution in [3.8, 4) is 0 Å². The molecular formula is C12H13FN2O3. The summed E-state index contributed by atoms with van der Waals surface area (Å²) in [5.74, 6) is -1.17. The monoisotopic (exact) mass is 252 g/mol. The minimum atomic E-state index is -0.642. The second kappa shape index (κ2) is 4.66. The Balaban J connectivity index is 2.55. The summed E-state index contributed by atoms with van der Waals surface area (Å²) in [6.45, 7) is 0.246. The minimum Gasteiger partial charge on any atom is -0.466 e. The Hall–Kier alpha value is -2.08. The Labute approximate surface area is 103 Å². The zero-order chi connectivity index (χ0) is 13.3. The molecule has 1 aliphatic rings. The fourth-order valence-corrected chi connectivity index (χ4v) is 1.82. The third kappa shape index (κ3) is 1.91. The van der Waals surface area contributed by atoms with E-state index in [0.717, 1.165) is 0 Å². The number of nitrogen functional groups attached to an aromatic ring is 2. The maximum Gasteiger partial charge on any atom is 0.336 e. The van der Waals surface area contributed by atoms with Gasteiger partial charge in [-0.05, 0) is 12.1 Å². The van der Waals surface area contributed by atoms with Crippen molar-refractivity contribution in [3.05, 3.63) is 29.1 Å². The summed E-state index contributed by atoms with van der Waals surface area (Å²) in [6.07, 6.45) is 0. The molecule has 0 spiro atoms. The van der Waals surface area contributed by atoms with Crippen molar-refractivity contribution in [1.29, 1.82) is 0 Å². The van der Waals surface area contributed by atoms with Crippen LogP contribution in [-0.2, 0) is 14.3 Å². The summed E-state index contributed by atoms with van der Waals surface area (Å²) in [4.78, 5) is 11.5. The SMILES string of the molecule is COC(=O)C1=C(c2ccc(N)c(N)c2F)COC1. The second-order valence-electron chi connectivity index (χ2n) is 3.87. The minimum absolute atomic E-state index is 0.103. The van der Waals surface area contributed by atoms with Gasteiger partial charge in [0.05, 0.1) is 37.3 Å². The quantitative estimate of drug-likeness (QED) is 0.604. The van der Waals surface area contributed by atoms with Gasteiger partial charge in [0.15, 0.2) is 5.82 Å². The molecule has 1 aliphatic heterocycles. The highest BCUT2D eigenvalue weighted by Crippen LogP contribution is 2.32. The molecule has 5 nitrogen and oxygen atoms in total. The summed E-state index contributed by atoms with van der Waals surface area (Å²) in [5.41, 5.74) is 12.0. The summed E-state index contributed by atoms with van der Waals surface area (Å²) in [5, 5.41) is 0. The van der Waals surface area contributed by atoms with Crippen molar-refractivity contribution < 1.29 is 18.7 Å². The van der Waals surface area contributed by atoms with Gasteiger partial charge >= 0.3 is 5.97 Å². The van der Waals surface area contributed by atoms with Crippen LogP contribution in [0.2, 0.25) is 0 Å². The highest BCUT2D eigenvalue weighted by Gasteiger charge is 2.26. The largest absolute Gasteiger partial charge is 0.466 e. The Bertz CT molecular complexity index is 540. The maximum atomic E-state index is 14.0. The average Bonchev–Trinajstić information content (AvgIpc) is 2.84. The molecular weight excluding hydrogens is 239 g/mol. The molecule has 0 aromatic heterocycles. The normalized spacial score (nSPS) is 15.0. The van der Waals surface area contributed by atoms with E-state index in [-0.39, 0.29) is 30.2 Å². The van der Waals surface area contributed by atoms with E-state index in [1.54, 1.807) is 0 Å². The van der Waals surface area contributed by atoms with Crippen LogP contribution in [-0.4, -0.2) is 26.3 Å². The van der Waals surface area contributed by atoms with Gasteiger partial charge in [-0.3, -0.25) is 0 Å². The van der Waals surface area contributed by atoms with Crippen LogP contribution >= 0.6 is 0 Å². The number of rotatable bonds is 2. The van der Waals surface area contributed by atoms with Gasteiger partial charge in [-0.25, -0.2) is 9.18 Å². The van der Waals surface area contributed by atoms with E-state index >= 15 is 0 Å². The van der Waals surface area contributed by atoms with Gasteiger partial charge in [-0.2, -0.15) is 0 Å². The van der Waals surface area contributed by atoms with E-state index < -0.39 is 11.8 Å². The maximum absolute atomic E-state index is 14.0. The zero-order valence-corrected chi connectivity index (χ0v) is 9.83. The van der Waals surface area contributed by atoms with Gasteiger partial charge in [-0.15, -0.1) is 0 Å². The van der Waals surface area contributed by atoms with Crippen LogP contribution < -0.4 is 11.5 Å². The number of ether oxygens (including phenoxy) is 2. The highest BCUT2D eigenvalue weighted by atomic mass is 19.1. The number of hydrogen-bond acceptors (Lipinski definition) is 5. The van der Waals surface area contributed by atoms with Crippen molar-refractivity contribution in [2.45, 2.75) is 0 Å². The fourth-order valence-electron chi connectivity index (χ4n) is 1.82. The molecule has 1 aromatic carbocycles. The summed E-state index contributed by atoms with van der Waals surface area (Å²) in [7, 11) is 1.26. The van der Waals surface area contributed by atoms with Gasteiger partial charge in [0.25, 0.3) is 0 Å². The van der Waals surface area contributed by atoms with E-state index in [0.29, 0.717) is 11.1 Å². The van der Waals surface area contributed by atoms with Crippen molar-refractivity contribution in [3.63, 3.8) is 0 Å². The predicted octanol–water partition coefficient (Wildman–Crippen LogP) is 0.947. The summed E-state index contributed by atoms with van der Waals surface area (Å²) in [6, 6.07) is 2.97. The zero-order valence-electron chi connectivity index (χ0n) is 9.83. The Morgan fingerprint density at radius 1 is 1.39 bits per heavy atom. The molecule has 18 heavy (non-hydrogen) atoms. The lowest BCUT2D eigenvalue weighted by atomic mass is 10.0. The molecule has 0 bridgehead atoms. The number of anilines is 2. The standard InChI is InChI=1S/C12H13FN2O3/c1-17-12(16)8-5-18-4-7(8)6-2-3-9(14)11(15)10(6)13/h2-3H,4-5,14-15H2,1H3. The number of carbonyl (C=O) groups is 1. The van der Waals surface area contributed by atoms with E-state index in [2.05, 4.69) is 4.74 Å². The smallest absolute Gasteiger partial charge is 0.336 e. The van der Waals surface area contributed by atoms with Gasteiger partial charge in [0.2, 0.25) is 0 Å². The molecule has 0 unspecified atom stereocenters. The first kappa shape index (κ1) is 12.4. The van der Waals surface area contributed by atoms with Crippen LogP contribution in [0.1, 0.15) is 5.56 Å². The van der Waals surface area contributed by atoms with Crippen LogP contribution in [0.15, 0.2) is 17.7 Å². The van der Waals surface area contributed by atoms with E-state index in [9.17, 15) is 9.18 Å². The number of methoxy groups -OCH3 is 1. The lowest BCUT2D eigenvalue weighted by molar-refractivity contribution is -0.136. The predicted molar refractivity (Wildman–Crippen MR) is 65.0 cm³/mol. The lowest BCUT2D eigenvalue weighted by Gasteiger charge is -2.09. The summed E-state index contributed by atoms with van der Waals surface area (Å²) < 4.78 is 23.8. The number of esters is 1. The molecule has 4 N–H and O–H groups in total. The van der Waals surface area contributed by atoms with Crippen LogP contribution in [0.4, 0.5) is 15.8 Å². The lowest BCUT2D eigenvalue weighted by Crippen LogP contribution is -2.08. The van der Waals surface area contributed by atoms with Crippen molar-refractivity contribution in [2.24, 2.45) is 0 Å². The number of benzene rings is 1. The molecule has 1 heterocycles. The van der Waals surface area contributed by atoms with Crippen LogP contribution in [0.25, 0.3) is 5.57 Å². The van der Waals surface area contributed by atoms with Gasteiger partial charge in [0, 0.05) is 11.1 Å². The van der Waals surface area contributed by atoms with Crippen molar-refractivity contribution >= 4 is 22.9 Å². The fraction of sp³-hybridized carbons (Fsp3) is 0.250. The molecule has 0 fully saturated rings. The van der Waals surface area contributed by atoms with E-state index in [1.807, 2.05) is 0 Å². The molecule has 0 amide bonds. The number of nitrogens with two attached hydrogens (primary N) is 2. The van der Waals surface area contributed by atoms with E-state index in [4.69, 9.17) is 16.2 Å².